The van der Waals surface area contributed by atoms with Gasteiger partial charge in [-0.05, 0) is 19.1 Å². The van der Waals surface area contributed by atoms with Gasteiger partial charge in [0.25, 0.3) is 0 Å². The van der Waals surface area contributed by atoms with Gasteiger partial charge in [0.05, 0.1) is 35.0 Å². The first kappa shape index (κ1) is 13.8. The van der Waals surface area contributed by atoms with E-state index >= 15 is 0 Å². The zero-order valence-electron chi connectivity index (χ0n) is 12.5. The van der Waals surface area contributed by atoms with E-state index in [-0.39, 0.29) is 0 Å². The van der Waals surface area contributed by atoms with E-state index in [1.54, 1.807) is 23.9 Å². The number of thiazole rings is 1. The lowest BCUT2D eigenvalue weighted by Gasteiger charge is -2.06. The molecule has 7 heteroatoms. The average molecular weight is 322 g/mol. The molecule has 0 fully saturated rings. The second-order valence-corrected chi connectivity index (χ2v) is 6.01. The van der Waals surface area contributed by atoms with E-state index in [4.69, 9.17) is 0 Å². The monoisotopic (exact) mass is 322 g/mol. The lowest BCUT2D eigenvalue weighted by Crippen LogP contribution is -2.03. The zero-order valence-corrected chi connectivity index (χ0v) is 13.3. The Hall–Kier alpha value is -2.80. The van der Waals surface area contributed by atoms with Crippen molar-refractivity contribution in [2.24, 2.45) is 0 Å². The minimum Gasteiger partial charge on any atom is -0.364 e. The van der Waals surface area contributed by atoms with Crippen molar-refractivity contribution in [1.82, 2.24) is 24.7 Å². The summed E-state index contributed by atoms with van der Waals surface area (Å²) in [6.07, 6.45) is 3.36. The molecule has 1 N–H and O–H groups in total. The van der Waals surface area contributed by atoms with Crippen LogP contribution >= 0.6 is 11.3 Å². The van der Waals surface area contributed by atoms with Crippen LogP contribution in [0.4, 0.5) is 5.82 Å². The topological polar surface area (TPSA) is 68.5 Å². The van der Waals surface area contributed by atoms with Gasteiger partial charge in [0.15, 0.2) is 5.65 Å². The molecule has 0 spiro atoms. The minimum atomic E-state index is 0.694. The number of aromatic nitrogens is 5. The van der Waals surface area contributed by atoms with E-state index < -0.39 is 0 Å². The molecule has 4 rings (SSSR count). The maximum atomic E-state index is 4.45. The summed E-state index contributed by atoms with van der Waals surface area (Å²) < 4.78 is 1.82. The molecule has 0 unspecified atom stereocenters. The molecule has 0 saturated carbocycles. The number of para-hydroxylation sites is 1. The van der Waals surface area contributed by atoms with Gasteiger partial charge >= 0.3 is 0 Å². The number of hydrogen-bond acceptors (Lipinski definition) is 6. The molecule has 0 aliphatic heterocycles. The first-order valence-corrected chi connectivity index (χ1v) is 8.08. The third-order valence-corrected chi connectivity index (χ3v) is 4.56. The van der Waals surface area contributed by atoms with Crippen LogP contribution in [0, 0.1) is 6.92 Å². The molecular weight excluding hydrogens is 308 g/mol. The fourth-order valence-electron chi connectivity index (χ4n) is 2.40. The van der Waals surface area contributed by atoms with Crippen LogP contribution in [0.15, 0.2) is 48.4 Å². The Morgan fingerprint density at radius 3 is 2.78 bits per heavy atom. The van der Waals surface area contributed by atoms with E-state index in [2.05, 4.69) is 25.4 Å². The maximum absolute atomic E-state index is 4.45. The second-order valence-electron chi connectivity index (χ2n) is 5.07. The Morgan fingerprint density at radius 2 is 2.00 bits per heavy atom. The Kier molecular flexibility index (Phi) is 3.47. The van der Waals surface area contributed by atoms with Crippen molar-refractivity contribution in [2.45, 2.75) is 13.5 Å². The van der Waals surface area contributed by atoms with Crippen LogP contribution in [-0.2, 0) is 6.54 Å². The smallest absolute Gasteiger partial charge is 0.168 e. The largest absolute Gasteiger partial charge is 0.364 e. The third-order valence-electron chi connectivity index (χ3n) is 3.63. The summed E-state index contributed by atoms with van der Waals surface area (Å²) in [5.41, 5.74) is 4.67. The van der Waals surface area contributed by atoms with Crippen LogP contribution in [0.1, 0.15) is 10.6 Å². The van der Waals surface area contributed by atoms with Crippen molar-refractivity contribution in [3.8, 4) is 5.69 Å². The van der Waals surface area contributed by atoms with Gasteiger partial charge in [-0.2, -0.15) is 5.10 Å². The van der Waals surface area contributed by atoms with Crippen molar-refractivity contribution in [2.75, 3.05) is 5.32 Å². The molecule has 6 nitrogen and oxygen atoms in total. The number of fused-ring (bicyclic) bond motifs is 1. The lowest BCUT2D eigenvalue weighted by molar-refractivity contribution is 0.895. The fourth-order valence-corrected chi connectivity index (χ4v) is 3.12. The van der Waals surface area contributed by atoms with Gasteiger partial charge in [0.1, 0.15) is 12.1 Å². The molecule has 0 bridgehead atoms. The van der Waals surface area contributed by atoms with Crippen LogP contribution in [-0.4, -0.2) is 24.7 Å². The Bertz CT molecular complexity index is 944. The quantitative estimate of drug-likeness (QED) is 0.625. The minimum absolute atomic E-state index is 0.694. The number of nitrogens with one attached hydrogen (secondary N) is 1. The summed E-state index contributed by atoms with van der Waals surface area (Å²) >= 11 is 1.64. The van der Waals surface area contributed by atoms with Crippen LogP contribution in [0.2, 0.25) is 0 Å². The summed E-state index contributed by atoms with van der Waals surface area (Å²) in [4.78, 5) is 14.2. The van der Waals surface area contributed by atoms with Gasteiger partial charge < -0.3 is 5.32 Å². The fraction of sp³-hybridized carbons (Fsp3) is 0.125. The SMILES string of the molecule is Cc1ncsc1CNc1ncnc2c1cnn2-c1ccccc1. The number of nitrogens with zero attached hydrogens (tertiary/aromatic N) is 5. The van der Waals surface area contributed by atoms with E-state index in [9.17, 15) is 0 Å². The number of rotatable bonds is 4. The van der Waals surface area contributed by atoms with Gasteiger partial charge in [-0.1, -0.05) is 18.2 Å². The molecule has 0 saturated heterocycles. The number of aryl methyl sites for hydroxylation is 1. The van der Waals surface area contributed by atoms with E-state index in [0.29, 0.717) is 6.54 Å². The van der Waals surface area contributed by atoms with Crippen LogP contribution < -0.4 is 5.32 Å². The molecule has 3 aromatic heterocycles. The van der Waals surface area contributed by atoms with Crippen molar-refractivity contribution in [3.05, 3.63) is 58.9 Å². The summed E-state index contributed by atoms with van der Waals surface area (Å²) in [6, 6.07) is 9.95. The molecule has 1 aromatic carbocycles. The predicted octanol–water partition coefficient (Wildman–Crippen LogP) is 3.19. The van der Waals surface area contributed by atoms with Crippen molar-refractivity contribution in [3.63, 3.8) is 0 Å². The number of hydrogen-bond donors (Lipinski definition) is 1. The van der Waals surface area contributed by atoms with Gasteiger partial charge in [-0.3, -0.25) is 0 Å². The van der Waals surface area contributed by atoms with Crippen LogP contribution in [0.3, 0.4) is 0 Å². The molecule has 3 heterocycles. The lowest BCUT2D eigenvalue weighted by atomic mass is 10.3. The third kappa shape index (κ3) is 2.55. The summed E-state index contributed by atoms with van der Waals surface area (Å²) in [5.74, 6) is 0.782. The Balaban J connectivity index is 1.69. The molecule has 0 aliphatic carbocycles. The van der Waals surface area contributed by atoms with Crippen molar-refractivity contribution < 1.29 is 0 Å². The van der Waals surface area contributed by atoms with Gasteiger partial charge in [0.2, 0.25) is 0 Å². The standard InChI is InChI=1S/C16H14N6S/c1-11-14(23-10-20-11)8-17-15-13-7-21-22(16(13)19-9-18-15)12-5-3-2-4-6-12/h2-7,9-10H,8H2,1H3,(H,17,18,19). The summed E-state index contributed by atoms with van der Waals surface area (Å²) in [6.45, 7) is 2.70. The predicted molar refractivity (Wildman–Crippen MR) is 90.8 cm³/mol. The average Bonchev–Trinajstić information content (AvgIpc) is 3.20. The zero-order chi connectivity index (χ0) is 15.6. The highest BCUT2D eigenvalue weighted by molar-refractivity contribution is 7.09. The van der Waals surface area contributed by atoms with Crippen molar-refractivity contribution >= 4 is 28.2 Å². The molecular formula is C16H14N6S. The highest BCUT2D eigenvalue weighted by Gasteiger charge is 2.11. The highest BCUT2D eigenvalue weighted by Crippen LogP contribution is 2.22. The van der Waals surface area contributed by atoms with Gasteiger partial charge in [-0.15, -0.1) is 11.3 Å². The summed E-state index contributed by atoms with van der Waals surface area (Å²) in [5, 5.41) is 8.72. The van der Waals surface area contributed by atoms with E-state index in [1.165, 1.54) is 4.88 Å². The molecule has 0 radical (unpaired) electrons. The molecule has 0 amide bonds. The van der Waals surface area contributed by atoms with E-state index in [1.807, 2.05) is 47.4 Å². The van der Waals surface area contributed by atoms with Crippen molar-refractivity contribution in [1.29, 1.82) is 0 Å². The first-order chi connectivity index (χ1) is 11.3. The van der Waals surface area contributed by atoms with Gasteiger partial charge in [-0.25, -0.2) is 19.6 Å². The molecule has 23 heavy (non-hydrogen) atoms. The highest BCUT2D eigenvalue weighted by atomic mass is 32.1. The number of benzene rings is 1. The normalized spacial score (nSPS) is 11.0. The number of anilines is 1. The van der Waals surface area contributed by atoms with Gasteiger partial charge in [0, 0.05) is 4.88 Å². The molecule has 114 valence electrons. The Morgan fingerprint density at radius 1 is 1.13 bits per heavy atom. The van der Waals surface area contributed by atoms with Crippen LogP contribution in [0.25, 0.3) is 16.7 Å². The van der Waals surface area contributed by atoms with Crippen LogP contribution in [0.5, 0.6) is 0 Å². The molecule has 0 atom stereocenters. The molecule has 4 aromatic rings. The summed E-state index contributed by atoms with van der Waals surface area (Å²) in [7, 11) is 0. The molecule has 0 aliphatic rings. The second kappa shape index (κ2) is 5.77. The first-order valence-electron chi connectivity index (χ1n) is 7.20. The van der Waals surface area contributed by atoms with E-state index in [0.717, 1.165) is 28.2 Å². The Labute approximate surface area is 136 Å². The maximum Gasteiger partial charge on any atom is 0.168 e.